The molecule has 0 saturated carbocycles. The topological polar surface area (TPSA) is 112 Å². The molecular formula is C39H39N5O4S. The highest BCUT2D eigenvalue weighted by molar-refractivity contribution is 7.90. The number of benzene rings is 4. The van der Waals surface area contributed by atoms with Gasteiger partial charge in [-0.15, -0.1) is 0 Å². The van der Waals surface area contributed by atoms with Crippen LogP contribution in [0.5, 0.6) is 0 Å². The van der Waals surface area contributed by atoms with Crippen LogP contribution in [-0.4, -0.2) is 55.7 Å². The van der Waals surface area contributed by atoms with Gasteiger partial charge in [-0.3, -0.25) is 24.2 Å². The normalized spacial score (nSPS) is 16.3. The van der Waals surface area contributed by atoms with E-state index < -0.39 is 33.0 Å². The first-order chi connectivity index (χ1) is 23.6. The van der Waals surface area contributed by atoms with Crippen molar-refractivity contribution in [2.75, 3.05) is 23.3 Å². The molecule has 4 aromatic carbocycles. The largest absolute Gasteiger partial charge is 0.346 e. The number of rotatable bonds is 12. The van der Waals surface area contributed by atoms with E-state index in [0.717, 1.165) is 27.9 Å². The van der Waals surface area contributed by atoms with Crippen LogP contribution >= 0.6 is 0 Å². The molecule has 0 amide bonds. The highest BCUT2D eigenvalue weighted by Gasteiger charge is 2.50. The molecule has 49 heavy (non-hydrogen) atoms. The Morgan fingerprint density at radius 3 is 1.84 bits per heavy atom. The molecule has 10 heteroatoms. The Bertz CT molecular complexity index is 1930. The predicted molar refractivity (Wildman–Crippen MR) is 192 cm³/mol. The number of hydrogen-bond acceptors (Lipinski definition) is 7. The van der Waals surface area contributed by atoms with Crippen molar-refractivity contribution in [2.45, 2.75) is 37.4 Å². The van der Waals surface area contributed by atoms with Crippen LogP contribution in [0.2, 0.25) is 0 Å². The minimum atomic E-state index is -3.79. The molecular weight excluding hydrogens is 635 g/mol. The molecule has 2 N–H and O–H groups in total. The molecule has 1 aliphatic heterocycles. The smallest absolute Gasteiger partial charge is 0.298 e. The predicted octanol–water partition coefficient (Wildman–Crippen LogP) is 5.54. The fraction of sp³-hybridized carbons (Fsp3) is 0.205. The van der Waals surface area contributed by atoms with E-state index in [-0.39, 0.29) is 0 Å². The monoisotopic (exact) mass is 673 g/mol. The zero-order chi connectivity index (χ0) is 34.6. The Morgan fingerprint density at radius 1 is 0.837 bits per heavy atom. The van der Waals surface area contributed by atoms with Gasteiger partial charge in [-0.05, 0) is 59.9 Å². The number of carbonyl (C=O) groups excluding carboxylic acids is 2. The summed E-state index contributed by atoms with van der Waals surface area (Å²) in [6.07, 6.45) is 3.44. The number of nitrogens with one attached hydrogen (secondary N) is 2. The SMILES string of the molecule is CNS(=O)(=O)Nc1cnccc1CN1CN(c2ccc(C(c3ccccc3)(c3ccccc3)c3ccccc3)cc2)C(C(=O)C=O)C1(C)C. The quantitative estimate of drug-likeness (QED) is 0.102. The van der Waals surface area contributed by atoms with Crippen molar-refractivity contribution in [3.05, 3.63) is 162 Å². The van der Waals surface area contributed by atoms with Crippen LogP contribution in [0.15, 0.2) is 134 Å². The molecule has 1 saturated heterocycles. The number of anilines is 2. The number of pyridine rings is 1. The van der Waals surface area contributed by atoms with Crippen molar-refractivity contribution in [1.82, 2.24) is 14.6 Å². The summed E-state index contributed by atoms with van der Waals surface area (Å²) in [5, 5.41) is 0. The second-order valence-corrected chi connectivity index (χ2v) is 14.2. The summed E-state index contributed by atoms with van der Waals surface area (Å²) < 4.78 is 29.4. The van der Waals surface area contributed by atoms with E-state index >= 15 is 0 Å². The van der Waals surface area contributed by atoms with Crippen molar-refractivity contribution in [3.8, 4) is 0 Å². The first-order valence-electron chi connectivity index (χ1n) is 16.0. The first kappa shape index (κ1) is 33.7. The number of Topliss-reactive ketones (excluding diaryl/α,β-unsaturated/α-hetero) is 1. The van der Waals surface area contributed by atoms with Crippen molar-refractivity contribution in [2.24, 2.45) is 0 Å². The van der Waals surface area contributed by atoms with E-state index in [9.17, 15) is 18.0 Å². The minimum Gasteiger partial charge on any atom is -0.346 e. The van der Waals surface area contributed by atoms with E-state index in [0.29, 0.717) is 30.8 Å². The highest BCUT2D eigenvalue weighted by atomic mass is 32.2. The van der Waals surface area contributed by atoms with Crippen molar-refractivity contribution >= 4 is 33.7 Å². The Morgan fingerprint density at radius 2 is 1.35 bits per heavy atom. The van der Waals surface area contributed by atoms with Gasteiger partial charge in [0.2, 0.25) is 5.78 Å². The van der Waals surface area contributed by atoms with Crippen molar-refractivity contribution in [1.29, 1.82) is 0 Å². The van der Waals surface area contributed by atoms with Crippen LogP contribution in [0.25, 0.3) is 0 Å². The maximum atomic E-state index is 13.3. The molecule has 0 spiro atoms. The average molecular weight is 674 g/mol. The lowest BCUT2D eigenvalue weighted by Crippen LogP contribution is -2.51. The van der Waals surface area contributed by atoms with Gasteiger partial charge < -0.3 is 4.90 Å². The average Bonchev–Trinajstić information content (AvgIpc) is 3.40. The third kappa shape index (κ3) is 6.38. The van der Waals surface area contributed by atoms with Crippen LogP contribution in [0.4, 0.5) is 11.4 Å². The molecule has 1 aromatic heterocycles. The summed E-state index contributed by atoms with van der Waals surface area (Å²) in [5.41, 5.74) is 4.76. The van der Waals surface area contributed by atoms with Gasteiger partial charge in [-0.1, -0.05) is 103 Å². The number of ketones is 1. The third-order valence-electron chi connectivity index (χ3n) is 9.54. The lowest BCUT2D eigenvalue weighted by molar-refractivity contribution is -0.131. The van der Waals surface area contributed by atoms with Crippen LogP contribution in [-0.2, 0) is 31.8 Å². The van der Waals surface area contributed by atoms with E-state index in [1.54, 1.807) is 12.3 Å². The summed E-state index contributed by atoms with van der Waals surface area (Å²) in [5.74, 6) is -0.533. The maximum Gasteiger partial charge on any atom is 0.298 e. The molecule has 2 heterocycles. The van der Waals surface area contributed by atoms with Gasteiger partial charge in [-0.25, -0.2) is 4.72 Å². The van der Waals surface area contributed by atoms with Gasteiger partial charge in [0.05, 0.1) is 24.0 Å². The van der Waals surface area contributed by atoms with E-state index in [4.69, 9.17) is 0 Å². The Balaban J connectivity index is 1.42. The molecule has 1 fully saturated rings. The second kappa shape index (κ2) is 13.8. The molecule has 6 rings (SSSR count). The standard InChI is InChI=1S/C39H39N5O4S/c1-38(2)37(36(46)27-45)44(28-43(38)26-29-23-24-41-25-35(29)42-49(47,48)40-3)34-21-19-33(20-22-34)39(30-13-7-4-8-14-30,31-15-9-5-10-16-31)32-17-11-6-12-18-32/h4-25,27,37,40,42H,26,28H2,1-3H3. The van der Waals surface area contributed by atoms with E-state index in [1.807, 2.05) is 49.1 Å². The van der Waals surface area contributed by atoms with E-state index in [2.05, 4.69) is 104 Å². The maximum absolute atomic E-state index is 13.3. The number of aromatic nitrogens is 1. The van der Waals surface area contributed by atoms with E-state index in [1.165, 1.54) is 13.2 Å². The molecule has 0 aliphatic carbocycles. The molecule has 1 aliphatic rings. The Hall–Kier alpha value is -5.16. The Labute approximate surface area is 287 Å². The van der Waals surface area contributed by atoms with Crippen LogP contribution in [0.3, 0.4) is 0 Å². The first-order valence-corrected chi connectivity index (χ1v) is 17.5. The van der Waals surface area contributed by atoms with Gasteiger partial charge in [-0.2, -0.15) is 8.42 Å². The summed E-state index contributed by atoms with van der Waals surface area (Å²) in [4.78, 5) is 33.5. The summed E-state index contributed by atoms with van der Waals surface area (Å²) >= 11 is 0. The summed E-state index contributed by atoms with van der Waals surface area (Å²) in [6, 6.07) is 40.5. The number of aldehydes is 1. The second-order valence-electron chi connectivity index (χ2n) is 12.6. The molecule has 0 radical (unpaired) electrons. The third-order valence-corrected chi connectivity index (χ3v) is 10.6. The van der Waals surface area contributed by atoms with Gasteiger partial charge in [0.25, 0.3) is 10.2 Å². The fourth-order valence-corrected chi connectivity index (χ4v) is 7.65. The molecule has 9 nitrogen and oxygen atoms in total. The fourth-order valence-electron chi connectivity index (χ4n) is 7.07. The lowest BCUT2D eigenvalue weighted by Gasteiger charge is -2.37. The molecule has 1 atom stereocenters. The van der Waals surface area contributed by atoms with Gasteiger partial charge in [0.1, 0.15) is 6.04 Å². The molecule has 0 bridgehead atoms. The minimum absolute atomic E-state index is 0.299. The summed E-state index contributed by atoms with van der Waals surface area (Å²) in [7, 11) is -2.46. The van der Waals surface area contributed by atoms with Crippen LogP contribution in [0, 0.1) is 0 Å². The van der Waals surface area contributed by atoms with Gasteiger partial charge in [0, 0.05) is 31.0 Å². The zero-order valence-corrected chi connectivity index (χ0v) is 28.5. The molecule has 5 aromatic rings. The van der Waals surface area contributed by atoms with Crippen molar-refractivity contribution < 1.29 is 18.0 Å². The van der Waals surface area contributed by atoms with Gasteiger partial charge in [0.15, 0.2) is 6.29 Å². The molecule has 1 unspecified atom stereocenters. The highest BCUT2D eigenvalue weighted by Crippen LogP contribution is 2.46. The Kier molecular flexibility index (Phi) is 9.47. The van der Waals surface area contributed by atoms with Crippen molar-refractivity contribution in [3.63, 3.8) is 0 Å². The van der Waals surface area contributed by atoms with Crippen LogP contribution < -0.4 is 14.3 Å². The number of nitrogens with zero attached hydrogens (tertiary/aromatic N) is 3. The zero-order valence-electron chi connectivity index (χ0n) is 27.7. The van der Waals surface area contributed by atoms with Gasteiger partial charge >= 0.3 is 0 Å². The lowest BCUT2D eigenvalue weighted by atomic mass is 9.65. The molecule has 250 valence electrons. The van der Waals surface area contributed by atoms with Crippen LogP contribution in [0.1, 0.15) is 41.7 Å². The number of hydrogen-bond donors (Lipinski definition) is 2. The number of carbonyl (C=O) groups is 2. The summed E-state index contributed by atoms with van der Waals surface area (Å²) in [6.45, 7) is 4.47.